The highest BCUT2D eigenvalue weighted by molar-refractivity contribution is 7.13. The number of carbonyl (C=O) groups excluding carboxylic acids is 1. The maximum atomic E-state index is 11.0. The Morgan fingerprint density at radius 1 is 1.79 bits per heavy atom. The molecule has 1 rings (SSSR count). The van der Waals surface area contributed by atoms with Gasteiger partial charge in [-0.15, -0.1) is 0 Å². The van der Waals surface area contributed by atoms with Gasteiger partial charge in [-0.25, -0.2) is 0 Å². The molecule has 0 fully saturated rings. The summed E-state index contributed by atoms with van der Waals surface area (Å²) in [6.45, 7) is 0. The number of rotatable bonds is 3. The predicted octanol–water partition coefficient (Wildman–Crippen LogP) is 0.829. The molecule has 1 heterocycles. The number of nitro groups is 1. The second kappa shape index (κ2) is 4.16. The van der Waals surface area contributed by atoms with Gasteiger partial charge in [-0.1, -0.05) is 11.3 Å². The quantitative estimate of drug-likeness (QED) is 0.458. The first kappa shape index (κ1) is 10.6. The van der Waals surface area contributed by atoms with Crippen LogP contribution in [0.5, 0.6) is 0 Å². The maximum absolute atomic E-state index is 11.0. The van der Waals surface area contributed by atoms with Crippen molar-refractivity contribution in [3.8, 4) is 0 Å². The van der Waals surface area contributed by atoms with E-state index < -0.39 is 16.9 Å². The fraction of sp³-hybridized carbons (Fsp3) is 0.286. The average Bonchev–Trinajstić information content (AvgIpc) is 2.64. The first-order valence-electron chi connectivity index (χ1n) is 3.62. The van der Waals surface area contributed by atoms with E-state index in [0.29, 0.717) is 5.56 Å². The van der Waals surface area contributed by atoms with Crippen molar-refractivity contribution in [1.29, 1.82) is 0 Å². The molecule has 7 heteroatoms. The molecule has 0 aromatic carbocycles. The molecule has 0 aliphatic rings. The Bertz CT molecular complexity index is 362. The molecule has 0 saturated heterocycles. The van der Waals surface area contributed by atoms with Gasteiger partial charge in [0.2, 0.25) is 0 Å². The van der Waals surface area contributed by atoms with Crippen LogP contribution in [0.2, 0.25) is 0 Å². The second-order valence-electron chi connectivity index (χ2n) is 2.48. The number of nitrogens with two attached hydrogens (primary N) is 1. The van der Waals surface area contributed by atoms with Gasteiger partial charge in [0.1, 0.15) is 6.04 Å². The van der Waals surface area contributed by atoms with E-state index in [1.807, 2.05) is 0 Å². The monoisotopic (exact) mass is 216 g/mol. The molecule has 76 valence electrons. The van der Waals surface area contributed by atoms with Crippen molar-refractivity contribution in [3.63, 3.8) is 0 Å². The smallest absolute Gasteiger partial charge is 0.327 e. The highest BCUT2D eigenvalue weighted by Gasteiger charge is 2.20. The molecule has 0 aliphatic heterocycles. The van der Waals surface area contributed by atoms with Gasteiger partial charge in [-0.05, 0) is 5.56 Å². The zero-order valence-electron chi connectivity index (χ0n) is 7.30. The van der Waals surface area contributed by atoms with Crippen LogP contribution in [-0.2, 0) is 9.53 Å². The summed E-state index contributed by atoms with van der Waals surface area (Å²) in [6.07, 6.45) is 0. The lowest BCUT2D eigenvalue weighted by molar-refractivity contribution is -0.380. The van der Waals surface area contributed by atoms with Crippen LogP contribution >= 0.6 is 11.3 Å². The Labute approximate surface area is 83.4 Å². The predicted molar refractivity (Wildman–Crippen MR) is 49.9 cm³/mol. The molecule has 0 radical (unpaired) electrons. The van der Waals surface area contributed by atoms with Gasteiger partial charge in [0, 0.05) is 11.4 Å². The first-order valence-corrected chi connectivity index (χ1v) is 4.50. The molecular formula is C7H8N2O4S. The van der Waals surface area contributed by atoms with Crippen molar-refractivity contribution in [1.82, 2.24) is 0 Å². The molecule has 1 atom stereocenters. The van der Waals surface area contributed by atoms with E-state index in [4.69, 9.17) is 5.73 Å². The number of nitrogens with zero attached hydrogens (tertiary/aromatic N) is 1. The van der Waals surface area contributed by atoms with Crippen molar-refractivity contribution >= 4 is 22.3 Å². The van der Waals surface area contributed by atoms with Crippen LogP contribution in [-0.4, -0.2) is 18.0 Å². The molecule has 1 aromatic rings. The highest BCUT2D eigenvalue weighted by Crippen LogP contribution is 2.26. The van der Waals surface area contributed by atoms with Crippen LogP contribution < -0.4 is 5.73 Å². The average molecular weight is 216 g/mol. The van der Waals surface area contributed by atoms with Crippen molar-refractivity contribution in [2.45, 2.75) is 6.04 Å². The van der Waals surface area contributed by atoms with E-state index in [2.05, 4.69) is 4.74 Å². The molecule has 0 unspecified atom stereocenters. The summed E-state index contributed by atoms with van der Waals surface area (Å²) in [5, 5.41) is 11.8. The summed E-state index contributed by atoms with van der Waals surface area (Å²) in [4.78, 5) is 20.8. The highest BCUT2D eigenvalue weighted by atomic mass is 32.1. The Hall–Kier alpha value is -1.47. The maximum Gasteiger partial charge on any atom is 0.327 e. The largest absolute Gasteiger partial charge is 0.468 e. The third-order valence-electron chi connectivity index (χ3n) is 1.60. The van der Waals surface area contributed by atoms with Crippen molar-refractivity contribution in [2.24, 2.45) is 5.73 Å². The summed E-state index contributed by atoms with van der Waals surface area (Å²) in [7, 11) is 1.21. The van der Waals surface area contributed by atoms with E-state index in [-0.39, 0.29) is 5.00 Å². The van der Waals surface area contributed by atoms with Crippen LogP contribution in [0.3, 0.4) is 0 Å². The molecule has 1 aromatic heterocycles. The summed E-state index contributed by atoms with van der Waals surface area (Å²) < 4.78 is 4.41. The number of hydrogen-bond acceptors (Lipinski definition) is 6. The number of esters is 1. The van der Waals surface area contributed by atoms with Gasteiger partial charge in [0.05, 0.1) is 12.0 Å². The van der Waals surface area contributed by atoms with Gasteiger partial charge in [0.25, 0.3) is 0 Å². The molecule has 0 saturated carbocycles. The van der Waals surface area contributed by atoms with E-state index in [1.54, 1.807) is 0 Å². The lowest BCUT2D eigenvalue weighted by Crippen LogP contribution is -2.21. The minimum absolute atomic E-state index is 0.0423. The number of carbonyl (C=O) groups is 1. The Morgan fingerprint density at radius 3 is 2.86 bits per heavy atom. The minimum atomic E-state index is -0.954. The standard InChI is InChI=1S/C7H8N2O4S/c1-13-7(10)6(8)4-2-5(9(11)12)14-3-4/h2-3,6H,8H2,1H3/t6-/m1/s1. The van der Waals surface area contributed by atoms with Crippen LogP contribution in [0.4, 0.5) is 5.00 Å². The molecule has 14 heavy (non-hydrogen) atoms. The van der Waals surface area contributed by atoms with E-state index in [9.17, 15) is 14.9 Å². The zero-order chi connectivity index (χ0) is 10.7. The molecule has 0 amide bonds. The van der Waals surface area contributed by atoms with Crippen LogP contribution in [0.15, 0.2) is 11.4 Å². The first-order chi connectivity index (χ1) is 6.56. The topological polar surface area (TPSA) is 95.5 Å². The number of hydrogen-bond donors (Lipinski definition) is 1. The second-order valence-corrected chi connectivity index (χ2v) is 3.37. The number of ether oxygens (including phenoxy) is 1. The summed E-state index contributed by atoms with van der Waals surface area (Å²) in [5.74, 6) is -0.613. The molecule has 0 aliphatic carbocycles. The Balaban J connectivity index is 2.86. The Morgan fingerprint density at radius 2 is 2.43 bits per heavy atom. The van der Waals surface area contributed by atoms with E-state index in [1.165, 1.54) is 18.6 Å². The number of methoxy groups -OCH3 is 1. The van der Waals surface area contributed by atoms with Gasteiger partial charge in [0.15, 0.2) is 0 Å². The van der Waals surface area contributed by atoms with Crippen molar-refractivity contribution < 1.29 is 14.5 Å². The summed E-state index contributed by atoms with van der Waals surface area (Å²) in [6, 6.07) is 0.316. The number of thiophene rings is 1. The van der Waals surface area contributed by atoms with E-state index >= 15 is 0 Å². The third-order valence-corrected chi connectivity index (χ3v) is 2.50. The fourth-order valence-corrected chi connectivity index (χ4v) is 1.62. The fourth-order valence-electron chi connectivity index (χ4n) is 0.861. The lowest BCUT2D eigenvalue weighted by Gasteiger charge is -2.05. The van der Waals surface area contributed by atoms with Crippen molar-refractivity contribution in [3.05, 3.63) is 27.1 Å². The normalized spacial score (nSPS) is 12.1. The Kier molecular flexibility index (Phi) is 3.15. The van der Waals surface area contributed by atoms with Crippen LogP contribution in [0.25, 0.3) is 0 Å². The molecule has 0 spiro atoms. The lowest BCUT2D eigenvalue weighted by atomic mass is 10.2. The minimum Gasteiger partial charge on any atom is -0.468 e. The third kappa shape index (κ3) is 2.06. The summed E-state index contributed by atoms with van der Waals surface area (Å²) >= 11 is 0.927. The van der Waals surface area contributed by atoms with Gasteiger partial charge in [-0.2, -0.15) is 0 Å². The van der Waals surface area contributed by atoms with E-state index in [0.717, 1.165) is 11.3 Å². The van der Waals surface area contributed by atoms with Crippen LogP contribution in [0.1, 0.15) is 11.6 Å². The molecule has 2 N–H and O–H groups in total. The van der Waals surface area contributed by atoms with Crippen LogP contribution in [0, 0.1) is 10.1 Å². The van der Waals surface area contributed by atoms with Gasteiger partial charge >= 0.3 is 11.0 Å². The zero-order valence-corrected chi connectivity index (χ0v) is 8.11. The molecular weight excluding hydrogens is 208 g/mol. The molecule has 0 bridgehead atoms. The van der Waals surface area contributed by atoms with Gasteiger partial charge < -0.3 is 10.5 Å². The molecule has 6 nitrogen and oxygen atoms in total. The van der Waals surface area contributed by atoms with Crippen molar-refractivity contribution in [2.75, 3.05) is 7.11 Å². The summed E-state index contributed by atoms with van der Waals surface area (Å²) in [5.41, 5.74) is 5.87. The SMILES string of the molecule is COC(=O)[C@H](N)c1csc([N+](=O)[O-])c1. The van der Waals surface area contributed by atoms with Gasteiger partial charge in [-0.3, -0.25) is 14.9 Å².